The SMILES string of the molecule is COc1ccc(N2CC(C(=O)NC3CCCCC3C)CC2=O)c(OC)c1. The minimum atomic E-state index is -0.316. The molecule has 6 heteroatoms. The van der Waals surface area contributed by atoms with E-state index < -0.39 is 0 Å². The number of methoxy groups -OCH3 is 2. The van der Waals surface area contributed by atoms with Crippen LogP contribution in [0.1, 0.15) is 39.0 Å². The van der Waals surface area contributed by atoms with Gasteiger partial charge in [-0.25, -0.2) is 0 Å². The summed E-state index contributed by atoms with van der Waals surface area (Å²) in [7, 11) is 3.15. The van der Waals surface area contributed by atoms with Crippen molar-refractivity contribution >= 4 is 17.5 Å². The van der Waals surface area contributed by atoms with Crippen LogP contribution in [0.25, 0.3) is 0 Å². The lowest BCUT2D eigenvalue weighted by atomic mass is 9.85. The van der Waals surface area contributed by atoms with Gasteiger partial charge < -0.3 is 19.7 Å². The molecule has 0 bridgehead atoms. The second-order valence-electron chi connectivity index (χ2n) is 7.32. The molecule has 2 aliphatic rings. The highest BCUT2D eigenvalue weighted by Crippen LogP contribution is 2.36. The number of ether oxygens (including phenoxy) is 2. The van der Waals surface area contributed by atoms with Gasteiger partial charge in [0.2, 0.25) is 11.8 Å². The molecule has 0 spiro atoms. The summed E-state index contributed by atoms with van der Waals surface area (Å²) in [4.78, 5) is 26.9. The summed E-state index contributed by atoms with van der Waals surface area (Å²) in [5.41, 5.74) is 0.680. The molecular weight excluding hydrogens is 332 g/mol. The van der Waals surface area contributed by atoms with E-state index in [0.29, 0.717) is 29.6 Å². The molecule has 1 aromatic carbocycles. The third-order valence-electron chi connectivity index (χ3n) is 5.61. The van der Waals surface area contributed by atoms with E-state index in [2.05, 4.69) is 12.2 Å². The Hall–Kier alpha value is -2.24. The monoisotopic (exact) mass is 360 g/mol. The fourth-order valence-corrected chi connectivity index (χ4v) is 3.96. The topological polar surface area (TPSA) is 67.9 Å². The zero-order valence-corrected chi connectivity index (χ0v) is 15.8. The molecule has 26 heavy (non-hydrogen) atoms. The average Bonchev–Trinajstić information content (AvgIpc) is 3.04. The molecule has 1 heterocycles. The van der Waals surface area contributed by atoms with Gasteiger partial charge in [-0.15, -0.1) is 0 Å². The zero-order chi connectivity index (χ0) is 18.7. The van der Waals surface area contributed by atoms with Crippen LogP contribution in [0.5, 0.6) is 11.5 Å². The fourth-order valence-electron chi connectivity index (χ4n) is 3.96. The van der Waals surface area contributed by atoms with E-state index in [1.807, 2.05) is 0 Å². The Balaban J connectivity index is 1.69. The molecule has 3 unspecified atom stereocenters. The molecule has 1 aliphatic heterocycles. The van der Waals surface area contributed by atoms with E-state index in [9.17, 15) is 9.59 Å². The van der Waals surface area contributed by atoms with E-state index in [-0.39, 0.29) is 30.2 Å². The van der Waals surface area contributed by atoms with Crippen LogP contribution in [0.4, 0.5) is 5.69 Å². The highest BCUT2D eigenvalue weighted by molar-refractivity contribution is 6.01. The minimum Gasteiger partial charge on any atom is -0.497 e. The maximum Gasteiger partial charge on any atom is 0.227 e. The minimum absolute atomic E-state index is 0.00733. The molecule has 0 aromatic heterocycles. The van der Waals surface area contributed by atoms with Crippen molar-refractivity contribution in [3.8, 4) is 11.5 Å². The number of hydrogen-bond acceptors (Lipinski definition) is 4. The number of carbonyl (C=O) groups excluding carboxylic acids is 2. The van der Waals surface area contributed by atoms with Crippen LogP contribution in [-0.4, -0.2) is 38.6 Å². The van der Waals surface area contributed by atoms with Crippen LogP contribution in [-0.2, 0) is 9.59 Å². The van der Waals surface area contributed by atoms with Gasteiger partial charge in [0.25, 0.3) is 0 Å². The number of rotatable bonds is 5. The van der Waals surface area contributed by atoms with Gasteiger partial charge in [0.15, 0.2) is 0 Å². The van der Waals surface area contributed by atoms with Gasteiger partial charge in [-0.3, -0.25) is 9.59 Å². The predicted octanol–water partition coefficient (Wildman–Crippen LogP) is 2.75. The Bertz CT molecular complexity index is 676. The van der Waals surface area contributed by atoms with E-state index in [1.54, 1.807) is 37.3 Å². The lowest BCUT2D eigenvalue weighted by Crippen LogP contribution is -2.44. The quantitative estimate of drug-likeness (QED) is 0.877. The Morgan fingerprint density at radius 2 is 1.96 bits per heavy atom. The molecule has 142 valence electrons. The molecule has 6 nitrogen and oxygen atoms in total. The summed E-state index contributed by atoms with van der Waals surface area (Å²) in [6, 6.07) is 5.58. The molecular formula is C20H28N2O4. The Labute approximate surface area is 154 Å². The Morgan fingerprint density at radius 3 is 2.65 bits per heavy atom. The number of amides is 2. The standard InChI is InChI=1S/C20H28N2O4/c1-13-6-4-5-7-16(13)21-20(24)14-10-19(23)22(12-14)17-9-8-15(25-2)11-18(17)26-3/h8-9,11,13-14,16H,4-7,10,12H2,1-3H3,(H,21,24). The summed E-state index contributed by atoms with van der Waals surface area (Å²) < 4.78 is 10.6. The molecule has 1 aromatic rings. The molecule has 0 radical (unpaired) electrons. The normalized spacial score (nSPS) is 25.9. The summed E-state index contributed by atoms with van der Waals surface area (Å²) in [6.45, 7) is 2.58. The second-order valence-corrected chi connectivity index (χ2v) is 7.32. The van der Waals surface area contributed by atoms with Crippen molar-refractivity contribution in [2.24, 2.45) is 11.8 Å². The van der Waals surface area contributed by atoms with Gasteiger partial charge in [-0.05, 0) is 30.9 Å². The first-order valence-electron chi connectivity index (χ1n) is 9.36. The zero-order valence-electron chi connectivity index (χ0n) is 15.8. The molecule has 1 saturated heterocycles. The Kier molecular flexibility index (Phi) is 5.69. The van der Waals surface area contributed by atoms with Crippen molar-refractivity contribution in [3.05, 3.63) is 18.2 Å². The van der Waals surface area contributed by atoms with Crippen molar-refractivity contribution < 1.29 is 19.1 Å². The fraction of sp³-hybridized carbons (Fsp3) is 0.600. The van der Waals surface area contributed by atoms with E-state index in [4.69, 9.17) is 9.47 Å². The van der Waals surface area contributed by atoms with Gasteiger partial charge >= 0.3 is 0 Å². The van der Waals surface area contributed by atoms with Gasteiger partial charge in [-0.1, -0.05) is 19.8 Å². The van der Waals surface area contributed by atoms with Gasteiger partial charge in [0.1, 0.15) is 11.5 Å². The molecule has 2 amide bonds. The van der Waals surface area contributed by atoms with E-state index in [0.717, 1.165) is 19.3 Å². The maximum atomic E-state index is 12.7. The van der Waals surface area contributed by atoms with Crippen LogP contribution in [0.15, 0.2) is 18.2 Å². The lowest BCUT2D eigenvalue weighted by Gasteiger charge is -2.30. The number of hydrogen-bond donors (Lipinski definition) is 1. The summed E-state index contributed by atoms with van der Waals surface area (Å²) >= 11 is 0. The summed E-state index contributed by atoms with van der Waals surface area (Å²) in [5.74, 6) is 1.36. The second kappa shape index (κ2) is 7.98. The first-order chi connectivity index (χ1) is 12.5. The van der Waals surface area contributed by atoms with Gasteiger partial charge in [-0.2, -0.15) is 0 Å². The molecule has 3 atom stereocenters. The molecule has 2 fully saturated rings. The molecule has 1 N–H and O–H groups in total. The summed E-state index contributed by atoms with van der Waals surface area (Å²) in [5, 5.41) is 3.18. The van der Waals surface area contributed by atoms with Crippen molar-refractivity contribution in [1.29, 1.82) is 0 Å². The third kappa shape index (κ3) is 3.79. The smallest absolute Gasteiger partial charge is 0.227 e. The first-order valence-corrected chi connectivity index (χ1v) is 9.36. The van der Waals surface area contributed by atoms with Crippen molar-refractivity contribution in [1.82, 2.24) is 5.32 Å². The van der Waals surface area contributed by atoms with Crippen molar-refractivity contribution in [3.63, 3.8) is 0 Å². The predicted molar refractivity (Wildman–Crippen MR) is 99.6 cm³/mol. The van der Waals surface area contributed by atoms with E-state index in [1.165, 1.54) is 6.42 Å². The number of anilines is 1. The van der Waals surface area contributed by atoms with Crippen LogP contribution >= 0.6 is 0 Å². The number of nitrogens with one attached hydrogen (secondary N) is 1. The van der Waals surface area contributed by atoms with Crippen molar-refractivity contribution in [2.45, 2.75) is 45.1 Å². The van der Waals surface area contributed by atoms with Crippen molar-refractivity contribution in [2.75, 3.05) is 25.7 Å². The first kappa shape index (κ1) is 18.5. The number of benzene rings is 1. The lowest BCUT2D eigenvalue weighted by molar-refractivity contribution is -0.127. The molecule has 1 saturated carbocycles. The largest absolute Gasteiger partial charge is 0.497 e. The Morgan fingerprint density at radius 1 is 1.19 bits per heavy atom. The third-order valence-corrected chi connectivity index (χ3v) is 5.61. The maximum absolute atomic E-state index is 12.7. The van der Waals surface area contributed by atoms with Crippen LogP contribution in [0.3, 0.4) is 0 Å². The highest BCUT2D eigenvalue weighted by Gasteiger charge is 2.37. The van der Waals surface area contributed by atoms with Crippen LogP contribution < -0.4 is 19.7 Å². The highest BCUT2D eigenvalue weighted by atomic mass is 16.5. The van der Waals surface area contributed by atoms with Crippen LogP contribution in [0.2, 0.25) is 0 Å². The van der Waals surface area contributed by atoms with E-state index >= 15 is 0 Å². The number of carbonyl (C=O) groups is 2. The molecule has 1 aliphatic carbocycles. The van der Waals surface area contributed by atoms with Gasteiger partial charge in [0.05, 0.1) is 25.8 Å². The number of nitrogens with zero attached hydrogens (tertiary/aromatic N) is 1. The average molecular weight is 360 g/mol. The summed E-state index contributed by atoms with van der Waals surface area (Å²) in [6.07, 6.45) is 4.82. The van der Waals surface area contributed by atoms with Crippen LogP contribution in [0, 0.1) is 11.8 Å². The van der Waals surface area contributed by atoms with Gasteiger partial charge in [0, 0.05) is 25.1 Å². The molecule has 3 rings (SSSR count).